The minimum Gasteiger partial charge on any atom is -0.419 e. The number of hydrogen-bond donors (Lipinski definition) is 1. The lowest BCUT2D eigenvalue weighted by Crippen LogP contribution is -1.95. The van der Waals surface area contributed by atoms with Crippen LogP contribution in [0.2, 0.25) is 0 Å². The summed E-state index contributed by atoms with van der Waals surface area (Å²) in [6, 6.07) is 6.35. The van der Waals surface area contributed by atoms with Gasteiger partial charge in [0.1, 0.15) is 0 Å². The van der Waals surface area contributed by atoms with Gasteiger partial charge < -0.3 is 10.2 Å². The Bertz CT molecular complexity index is 519. The fourth-order valence-corrected chi connectivity index (χ4v) is 2.16. The molecule has 0 aliphatic heterocycles. The molecule has 4 nitrogen and oxygen atoms in total. The predicted molar refractivity (Wildman–Crippen MR) is 59.7 cm³/mol. The molecule has 0 unspecified atom stereocenters. The topological polar surface area (TPSA) is 64.9 Å². The second-order valence-corrected chi connectivity index (χ2v) is 4.04. The molecule has 1 heterocycles. The Morgan fingerprint density at radius 2 is 2.06 bits per heavy atom. The van der Waals surface area contributed by atoms with E-state index in [-0.39, 0.29) is 6.54 Å². The molecule has 82 valence electrons. The first-order chi connectivity index (χ1) is 7.86. The Morgan fingerprint density at radius 1 is 1.19 bits per heavy atom. The lowest BCUT2D eigenvalue weighted by molar-refractivity contribution is 0.508. The third-order valence-corrected chi connectivity index (χ3v) is 2.99. The highest BCUT2D eigenvalue weighted by Crippen LogP contribution is 2.27. The highest BCUT2D eigenvalue weighted by molar-refractivity contribution is 5.56. The predicted octanol–water partition coefficient (Wildman–Crippen LogP) is 1.68. The molecule has 1 aliphatic rings. The SMILES string of the molecule is NCc1nnc(-c2ccc3c(c2)CCC3)o1. The Balaban J connectivity index is 2.00. The first kappa shape index (κ1) is 9.54. The van der Waals surface area contributed by atoms with Gasteiger partial charge in [-0.1, -0.05) is 6.07 Å². The summed E-state index contributed by atoms with van der Waals surface area (Å²) in [7, 11) is 0. The van der Waals surface area contributed by atoms with Gasteiger partial charge in [-0.25, -0.2) is 0 Å². The summed E-state index contributed by atoms with van der Waals surface area (Å²) in [5.41, 5.74) is 9.28. The summed E-state index contributed by atoms with van der Waals surface area (Å²) in [4.78, 5) is 0. The lowest BCUT2D eigenvalue weighted by atomic mass is 10.1. The van der Waals surface area contributed by atoms with Gasteiger partial charge in [-0.05, 0) is 42.5 Å². The number of fused-ring (bicyclic) bond motifs is 1. The van der Waals surface area contributed by atoms with E-state index in [1.165, 1.54) is 24.0 Å². The Kier molecular flexibility index (Phi) is 2.22. The van der Waals surface area contributed by atoms with Crippen LogP contribution < -0.4 is 5.73 Å². The lowest BCUT2D eigenvalue weighted by Gasteiger charge is -2.00. The molecular formula is C12H13N3O. The molecule has 1 aromatic heterocycles. The van der Waals surface area contributed by atoms with E-state index in [0.717, 1.165) is 12.0 Å². The number of rotatable bonds is 2. The highest BCUT2D eigenvalue weighted by atomic mass is 16.4. The van der Waals surface area contributed by atoms with Gasteiger partial charge in [-0.15, -0.1) is 10.2 Å². The molecule has 0 saturated carbocycles. The van der Waals surface area contributed by atoms with Crippen molar-refractivity contribution in [2.24, 2.45) is 5.73 Å². The van der Waals surface area contributed by atoms with Crippen molar-refractivity contribution in [1.29, 1.82) is 0 Å². The standard InChI is InChI=1S/C12H13N3O/c13-7-11-14-15-12(16-11)10-5-4-8-2-1-3-9(8)6-10/h4-6H,1-3,7,13H2. The van der Waals surface area contributed by atoms with E-state index >= 15 is 0 Å². The molecule has 1 aliphatic carbocycles. The van der Waals surface area contributed by atoms with Crippen molar-refractivity contribution < 1.29 is 4.42 Å². The highest BCUT2D eigenvalue weighted by Gasteiger charge is 2.14. The minimum atomic E-state index is 0.290. The van der Waals surface area contributed by atoms with Crippen LogP contribution in [0.25, 0.3) is 11.5 Å². The molecule has 0 atom stereocenters. The molecule has 3 rings (SSSR count). The first-order valence-corrected chi connectivity index (χ1v) is 5.51. The van der Waals surface area contributed by atoms with Gasteiger partial charge in [-0.2, -0.15) is 0 Å². The quantitative estimate of drug-likeness (QED) is 0.827. The molecular weight excluding hydrogens is 202 g/mol. The van der Waals surface area contributed by atoms with Gasteiger partial charge in [0.25, 0.3) is 0 Å². The van der Waals surface area contributed by atoms with Crippen molar-refractivity contribution in [3.05, 3.63) is 35.2 Å². The van der Waals surface area contributed by atoms with Crippen molar-refractivity contribution in [3.8, 4) is 11.5 Å². The maximum atomic E-state index is 5.44. The van der Waals surface area contributed by atoms with Crippen molar-refractivity contribution >= 4 is 0 Å². The van der Waals surface area contributed by atoms with E-state index in [9.17, 15) is 0 Å². The zero-order chi connectivity index (χ0) is 11.0. The van der Waals surface area contributed by atoms with E-state index in [2.05, 4.69) is 22.3 Å². The first-order valence-electron chi connectivity index (χ1n) is 5.51. The van der Waals surface area contributed by atoms with Gasteiger partial charge in [0.15, 0.2) is 0 Å². The second-order valence-electron chi connectivity index (χ2n) is 4.04. The van der Waals surface area contributed by atoms with Crippen molar-refractivity contribution in [3.63, 3.8) is 0 Å². The Labute approximate surface area is 93.5 Å². The average Bonchev–Trinajstić information content (AvgIpc) is 2.96. The molecule has 0 radical (unpaired) electrons. The number of hydrogen-bond acceptors (Lipinski definition) is 4. The van der Waals surface area contributed by atoms with E-state index < -0.39 is 0 Å². The molecule has 2 aromatic rings. The summed E-state index contributed by atoms with van der Waals surface area (Å²) in [5.74, 6) is 1.05. The molecule has 0 spiro atoms. The van der Waals surface area contributed by atoms with Crippen LogP contribution in [0.1, 0.15) is 23.4 Å². The molecule has 16 heavy (non-hydrogen) atoms. The molecule has 0 fully saturated rings. The van der Waals surface area contributed by atoms with Gasteiger partial charge in [0.05, 0.1) is 6.54 Å². The van der Waals surface area contributed by atoms with Crippen LogP contribution in [0, 0.1) is 0 Å². The molecule has 0 bridgehead atoms. The van der Waals surface area contributed by atoms with E-state index in [0.29, 0.717) is 11.8 Å². The Morgan fingerprint density at radius 3 is 2.88 bits per heavy atom. The fraction of sp³-hybridized carbons (Fsp3) is 0.333. The fourth-order valence-electron chi connectivity index (χ4n) is 2.16. The average molecular weight is 215 g/mol. The van der Waals surface area contributed by atoms with Crippen molar-refractivity contribution in [1.82, 2.24) is 10.2 Å². The van der Waals surface area contributed by atoms with Crippen LogP contribution in [-0.4, -0.2) is 10.2 Å². The smallest absolute Gasteiger partial charge is 0.247 e. The number of aromatic nitrogens is 2. The number of benzene rings is 1. The third kappa shape index (κ3) is 1.51. The van der Waals surface area contributed by atoms with E-state index in [4.69, 9.17) is 10.2 Å². The van der Waals surface area contributed by atoms with Crippen LogP contribution >= 0.6 is 0 Å². The monoisotopic (exact) mass is 215 g/mol. The zero-order valence-corrected chi connectivity index (χ0v) is 8.94. The maximum Gasteiger partial charge on any atom is 0.247 e. The summed E-state index contributed by atoms with van der Waals surface area (Å²) < 4.78 is 5.43. The van der Waals surface area contributed by atoms with Crippen LogP contribution in [0.15, 0.2) is 22.6 Å². The van der Waals surface area contributed by atoms with Crippen molar-refractivity contribution in [2.75, 3.05) is 0 Å². The molecule has 4 heteroatoms. The summed E-state index contributed by atoms with van der Waals surface area (Å²) in [6.07, 6.45) is 3.59. The van der Waals surface area contributed by atoms with Gasteiger partial charge in [0, 0.05) is 5.56 Å². The zero-order valence-electron chi connectivity index (χ0n) is 8.94. The number of nitrogens with zero attached hydrogens (tertiary/aromatic N) is 2. The molecule has 1 aromatic carbocycles. The van der Waals surface area contributed by atoms with Crippen LogP contribution in [0.5, 0.6) is 0 Å². The van der Waals surface area contributed by atoms with Crippen LogP contribution in [-0.2, 0) is 19.4 Å². The van der Waals surface area contributed by atoms with E-state index in [1.54, 1.807) is 0 Å². The normalized spacial score (nSPS) is 14.1. The van der Waals surface area contributed by atoms with Gasteiger partial charge in [-0.3, -0.25) is 0 Å². The summed E-state index contributed by atoms with van der Waals surface area (Å²) in [5, 5.41) is 7.85. The molecule has 0 saturated heterocycles. The third-order valence-electron chi connectivity index (χ3n) is 2.99. The molecule has 2 N–H and O–H groups in total. The second kappa shape index (κ2) is 3.72. The summed E-state index contributed by atoms with van der Waals surface area (Å²) >= 11 is 0. The van der Waals surface area contributed by atoms with Gasteiger partial charge >= 0.3 is 0 Å². The maximum absolute atomic E-state index is 5.44. The van der Waals surface area contributed by atoms with Crippen LogP contribution in [0.4, 0.5) is 0 Å². The number of aryl methyl sites for hydroxylation is 2. The minimum absolute atomic E-state index is 0.290. The van der Waals surface area contributed by atoms with E-state index in [1.807, 2.05) is 6.07 Å². The summed E-state index contributed by atoms with van der Waals surface area (Å²) in [6.45, 7) is 0.290. The van der Waals surface area contributed by atoms with Crippen molar-refractivity contribution in [2.45, 2.75) is 25.8 Å². The number of nitrogens with two attached hydrogens (primary N) is 1. The van der Waals surface area contributed by atoms with Gasteiger partial charge in [0.2, 0.25) is 11.8 Å². The molecule has 0 amide bonds. The largest absolute Gasteiger partial charge is 0.419 e. The van der Waals surface area contributed by atoms with Crippen LogP contribution in [0.3, 0.4) is 0 Å². The Hall–Kier alpha value is -1.68.